The molecular weight excluding hydrogens is 483 g/mol. The molecule has 0 spiro atoms. The summed E-state index contributed by atoms with van der Waals surface area (Å²) < 4.78 is 24.9. The highest BCUT2D eigenvalue weighted by molar-refractivity contribution is 5.88. The molecule has 38 heavy (non-hydrogen) atoms. The molecule has 1 aromatic carbocycles. The van der Waals surface area contributed by atoms with Crippen molar-refractivity contribution in [2.24, 2.45) is 23.2 Å². The van der Waals surface area contributed by atoms with E-state index in [0.29, 0.717) is 62.8 Å². The van der Waals surface area contributed by atoms with Gasteiger partial charge in [-0.2, -0.15) is 0 Å². The first-order valence-electron chi connectivity index (χ1n) is 14.3. The summed E-state index contributed by atoms with van der Waals surface area (Å²) in [6.07, 6.45) is 7.42. The number of rotatable bonds is 12. The number of nitrogens with zero attached hydrogens (tertiary/aromatic N) is 2. The Bertz CT molecular complexity index is 1080. The average molecular weight is 525 g/mol. The first-order valence-corrected chi connectivity index (χ1v) is 14.3. The van der Waals surface area contributed by atoms with Gasteiger partial charge in [-0.3, -0.25) is 9.59 Å². The van der Waals surface area contributed by atoms with Crippen LogP contribution in [0.3, 0.4) is 0 Å². The van der Waals surface area contributed by atoms with Gasteiger partial charge in [0.15, 0.2) is 0 Å². The molecule has 2 amide bonds. The molecule has 7 heteroatoms. The zero-order valence-corrected chi connectivity index (χ0v) is 22.8. The molecule has 0 aliphatic heterocycles. The SMILES string of the molecule is CCOCCCN(CC(=O)N(Cc1ccc(F)cc1)Cc1ccc(C)o1)C(=O)C12CC3CC(CC(C3)C1)C2. The van der Waals surface area contributed by atoms with Gasteiger partial charge in [-0.05, 0) is 106 Å². The second kappa shape index (κ2) is 11.6. The maximum absolute atomic E-state index is 14.2. The summed E-state index contributed by atoms with van der Waals surface area (Å²) in [5.41, 5.74) is 0.527. The predicted octanol–water partition coefficient (Wildman–Crippen LogP) is 5.73. The molecule has 206 valence electrons. The Morgan fingerprint density at radius 2 is 1.63 bits per heavy atom. The lowest BCUT2D eigenvalue weighted by atomic mass is 9.49. The molecule has 4 fully saturated rings. The van der Waals surface area contributed by atoms with E-state index in [1.165, 1.54) is 31.4 Å². The number of carbonyl (C=O) groups excluding carboxylic acids is 2. The molecule has 0 radical (unpaired) electrons. The van der Waals surface area contributed by atoms with Crippen molar-refractivity contribution in [1.29, 1.82) is 0 Å². The van der Waals surface area contributed by atoms with Gasteiger partial charge in [-0.1, -0.05) is 12.1 Å². The zero-order valence-electron chi connectivity index (χ0n) is 22.8. The Balaban J connectivity index is 1.34. The molecule has 0 saturated heterocycles. The van der Waals surface area contributed by atoms with Crippen LogP contribution in [0, 0.1) is 35.9 Å². The Morgan fingerprint density at radius 3 is 2.21 bits per heavy atom. The number of halogens is 1. The monoisotopic (exact) mass is 524 g/mol. The third-order valence-corrected chi connectivity index (χ3v) is 8.81. The summed E-state index contributed by atoms with van der Waals surface area (Å²) in [6.45, 7) is 6.20. The summed E-state index contributed by atoms with van der Waals surface area (Å²) in [5, 5.41) is 0. The van der Waals surface area contributed by atoms with Gasteiger partial charge in [0, 0.05) is 26.3 Å². The quantitative estimate of drug-likeness (QED) is 0.333. The number of benzene rings is 1. The highest BCUT2D eigenvalue weighted by Crippen LogP contribution is 2.60. The van der Waals surface area contributed by atoms with Crippen LogP contribution in [0.2, 0.25) is 0 Å². The van der Waals surface area contributed by atoms with E-state index in [4.69, 9.17) is 9.15 Å². The van der Waals surface area contributed by atoms with E-state index in [9.17, 15) is 14.0 Å². The average Bonchev–Trinajstić information content (AvgIpc) is 3.30. The zero-order chi connectivity index (χ0) is 26.7. The molecule has 2 aromatic rings. The van der Waals surface area contributed by atoms with Crippen LogP contribution in [0.1, 0.15) is 69.0 Å². The molecule has 6 nitrogen and oxygen atoms in total. The lowest BCUT2D eigenvalue weighted by Gasteiger charge is -2.56. The summed E-state index contributed by atoms with van der Waals surface area (Å²) in [7, 11) is 0. The Kier molecular flexibility index (Phi) is 8.22. The molecule has 1 heterocycles. The van der Waals surface area contributed by atoms with E-state index in [-0.39, 0.29) is 29.6 Å². The molecule has 4 aliphatic carbocycles. The summed E-state index contributed by atoms with van der Waals surface area (Å²) in [5.74, 6) is 3.16. The molecule has 0 atom stereocenters. The largest absolute Gasteiger partial charge is 0.464 e. The van der Waals surface area contributed by atoms with Crippen LogP contribution in [0.25, 0.3) is 0 Å². The molecular formula is C31H41FN2O4. The van der Waals surface area contributed by atoms with Crippen LogP contribution < -0.4 is 0 Å². The van der Waals surface area contributed by atoms with Crippen molar-refractivity contribution in [3.63, 3.8) is 0 Å². The Hall–Kier alpha value is -2.67. The highest BCUT2D eigenvalue weighted by Gasteiger charge is 2.55. The molecule has 4 saturated carbocycles. The van der Waals surface area contributed by atoms with E-state index >= 15 is 0 Å². The molecule has 4 aliphatic rings. The minimum absolute atomic E-state index is 0.0353. The number of amides is 2. The third-order valence-electron chi connectivity index (χ3n) is 8.81. The number of aryl methyl sites for hydroxylation is 1. The second-order valence-electron chi connectivity index (χ2n) is 11.9. The van der Waals surface area contributed by atoms with Crippen molar-refractivity contribution in [2.45, 2.75) is 71.9 Å². The van der Waals surface area contributed by atoms with Crippen molar-refractivity contribution in [3.05, 3.63) is 59.3 Å². The fraction of sp³-hybridized carbons (Fsp3) is 0.613. The predicted molar refractivity (Wildman–Crippen MR) is 142 cm³/mol. The molecule has 4 bridgehead atoms. The van der Waals surface area contributed by atoms with Crippen molar-refractivity contribution >= 4 is 11.8 Å². The number of hydrogen-bond acceptors (Lipinski definition) is 4. The highest BCUT2D eigenvalue weighted by atomic mass is 19.1. The Labute approximate surface area is 225 Å². The van der Waals surface area contributed by atoms with Crippen molar-refractivity contribution < 1.29 is 23.1 Å². The van der Waals surface area contributed by atoms with Crippen molar-refractivity contribution in [2.75, 3.05) is 26.3 Å². The lowest BCUT2D eigenvalue weighted by molar-refractivity contribution is -0.160. The van der Waals surface area contributed by atoms with Gasteiger partial charge >= 0.3 is 0 Å². The van der Waals surface area contributed by atoms with Gasteiger partial charge in [-0.15, -0.1) is 0 Å². The third kappa shape index (κ3) is 6.14. The molecule has 1 aromatic heterocycles. The maximum atomic E-state index is 14.2. The van der Waals surface area contributed by atoms with Crippen LogP contribution >= 0.6 is 0 Å². The van der Waals surface area contributed by atoms with Crippen LogP contribution in [0.4, 0.5) is 4.39 Å². The molecule has 0 unspecified atom stereocenters. The van der Waals surface area contributed by atoms with Crippen molar-refractivity contribution in [3.8, 4) is 0 Å². The summed E-state index contributed by atoms with van der Waals surface area (Å²) >= 11 is 0. The second-order valence-corrected chi connectivity index (χ2v) is 11.9. The van der Waals surface area contributed by atoms with Crippen LogP contribution in [0.15, 0.2) is 40.8 Å². The lowest BCUT2D eigenvalue weighted by Crippen LogP contribution is -2.56. The topological polar surface area (TPSA) is 63.0 Å². The van der Waals surface area contributed by atoms with E-state index in [0.717, 1.165) is 30.6 Å². The van der Waals surface area contributed by atoms with Crippen LogP contribution in [-0.4, -0.2) is 47.9 Å². The number of furan rings is 1. The van der Waals surface area contributed by atoms with E-state index < -0.39 is 0 Å². The van der Waals surface area contributed by atoms with E-state index in [1.807, 2.05) is 30.9 Å². The van der Waals surface area contributed by atoms with Crippen molar-refractivity contribution in [1.82, 2.24) is 9.80 Å². The summed E-state index contributed by atoms with van der Waals surface area (Å²) in [4.78, 5) is 31.6. The minimum atomic E-state index is -0.310. The number of hydrogen-bond donors (Lipinski definition) is 0. The maximum Gasteiger partial charge on any atom is 0.242 e. The van der Waals surface area contributed by atoms with Gasteiger partial charge in [0.25, 0.3) is 0 Å². The number of ether oxygens (including phenoxy) is 1. The molecule has 0 N–H and O–H groups in total. The number of carbonyl (C=O) groups is 2. The Morgan fingerprint density at radius 1 is 0.974 bits per heavy atom. The van der Waals surface area contributed by atoms with Crippen LogP contribution in [-0.2, 0) is 27.4 Å². The normalized spacial score (nSPS) is 25.5. The van der Waals surface area contributed by atoms with E-state index in [1.54, 1.807) is 17.0 Å². The van der Waals surface area contributed by atoms with Gasteiger partial charge < -0.3 is 19.0 Å². The fourth-order valence-corrected chi connectivity index (χ4v) is 7.53. The van der Waals surface area contributed by atoms with Gasteiger partial charge in [0.05, 0.1) is 18.5 Å². The van der Waals surface area contributed by atoms with E-state index in [2.05, 4.69) is 0 Å². The minimum Gasteiger partial charge on any atom is -0.464 e. The van der Waals surface area contributed by atoms with Gasteiger partial charge in [-0.25, -0.2) is 4.39 Å². The first-order chi connectivity index (χ1) is 18.3. The standard InChI is InChI=1S/C31H41FN2O4/c1-3-37-12-4-11-33(30(36)31-16-24-13-25(17-31)15-26(14-24)18-31)21-29(35)34(20-28-10-5-22(2)38-28)19-23-6-8-27(32)9-7-23/h5-10,24-26H,3-4,11-21H2,1-2H3. The molecule has 6 rings (SSSR count). The summed E-state index contributed by atoms with van der Waals surface area (Å²) in [6, 6.07) is 9.97. The van der Waals surface area contributed by atoms with Gasteiger partial charge in [0.2, 0.25) is 11.8 Å². The first kappa shape index (κ1) is 26.9. The fourth-order valence-electron chi connectivity index (χ4n) is 7.53. The smallest absolute Gasteiger partial charge is 0.242 e. The van der Waals surface area contributed by atoms with Gasteiger partial charge in [0.1, 0.15) is 17.3 Å². The van der Waals surface area contributed by atoms with Crippen LogP contribution in [0.5, 0.6) is 0 Å².